The molecule has 1 aromatic heterocycles. The maximum Gasteiger partial charge on any atom is 0.193 e. The first-order valence-corrected chi connectivity index (χ1v) is 10.4. The van der Waals surface area contributed by atoms with Gasteiger partial charge in [0.1, 0.15) is 0 Å². The predicted molar refractivity (Wildman–Crippen MR) is 127 cm³/mol. The molecule has 0 atom stereocenters. The van der Waals surface area contributed by atoms with Crippen LogP contribution in [0.5, 0.6) is 0 Å². The Kier molecular flexibility index (Phi) is 9.11. The molecule has 148 valence electrons. The van der Waals surface area contributed by atoms with Crippen molar-refractivity contribution in [3.63, 3.8) is 0 Å². The van der Waals surface area contributed by atoms with Gasteiger partial charge in [0.15, 0.2) is 5.96 Å². The Balaban J connectivity index is 0.00000261. The van der Waals surface area contributed by atoms with Gasteiger partial charge in [0.05, 0.1) is 21.4 Å². The lowest BCUT2D eigenvalue weighted by atomic mass is 10.2. The van der Waals surface area contributed by atoms with Crippen LogP contribution in [0.2, 0.25) is 5.02 Å². The topological polar surface area (TPSA) is 43.8 Å². The van der Waals surface area contributed by atoms with Crippen molar-refractivity contribution in [3.05, 3.63) is 45.4 Å². The van der Waals surface area contributed by atoms with Crippen LogP contribution in [0.3, 0.4) is 0 Å². The molecule has 1 saturated heterocycles. The van der Waals surface area contributed by atoms with Gasteiger partial charge >= 0.3 is 0 Å². The van der Waals surface area contributed by atoms with Crippen LogP contribution < -0.4 is 10.2 Å². The third kappa shape index (κ3) is 5.96. The highest BCUT2D eigenvalue weighted by molar-refractivity contribution is 14.0. The van der Waals surface area contributed by atoms with Crippen molar-refractivity contribution in [2.24, 2.45) is 4.99 Å². The van der Waals surface area contributed by atoms with Crippen LogP contribution in [0.25, 0.3) is 0 Å². The molecule has 0 aliphatic carbocycles. The summed E-state index contributed by atoms with van der Waals surface area (Å²) in [6.45, 7) is 6.74. The lowest BCUT2D eigenvalue weighted by molar-refractivity contribution is 0.373. The van der Waals surface area contributed by atoms with E-state index >= 15 is 0 Å². The molecule has 1 fully saturated rings. The summed E-state index contributed by atoms with van der Waals surface area (Å²) in [4.78, 5) is 13.7. The van der Waals surface area contributed by atoms with E-state index in [0.29, 0.717) is 0 Å². The first-order valence-electron chi connectivity index (χ1n) is 9.09. The number of aliphatic imine (C=N–C) groups is 1. The quantitative estimate of drug-likeness (QED) is 0.369. The van der Waals surface area contributed by atoms with Crippen LogP contribution in [-0.2, 0) is 12.8 Å². The van der Waals surface area contributed by atoms with Crippen molar-refractivity contribution in [2.45, 2.75) is 19.8 Å². The van der Waals surface area contributed by atoms with Gasteiger partial charge < -0.3 is 15.1 Å². The van der Waals surface area contributed by atoms with E-state index in [0.717, 1.165) is 62.2 Å². The Morgan fingerprint density at radius 3 is 2.63 bits per heavy atom. The van der Waals surface area contributed by atoms with Crippen molar-refractivity contribution in [2.75, 3.05) is 44.7 Å². The molecule has 0 saturated carbocycles. The monoisotopic (exact) mass is 519 g/mol. The van der Waals surface area contributed by atoms with Crippen LogP contribution in [0.1, 0.15) is 17.6 Å². The van der Waals surface area contributed by atoms with Crippen LogP contribution >= 0.6 is 46.9 Å². The van der Waals surface area contributed by atoms with Crippen LogP contribution in [0.15, 0.2) is 34.6 Å². The molecule has 2 heterocycles. The van der Waals surface area contributed by atoms with Gasteiger partial charge in [0.25, 0.3) is 0 Å². The number of benzene rings is 1. The van der Waals surface area contributed by atoms with Gasteiger partial charge in [-0.25, -0.2) is 4.98 Å². The number of piperazine rings is 1. The molecule has 1 N–H and O–H groups in total. The average Bonchev–Trinajstić information content (AvgIpc) is 3.14. The molecule has 2 aromatic rings. The largest absolute Gasteiger partial charge is 0.367 e. The van der Waals surface area contributed by atoms with E-state index in [1.807, 2.05) is 25.2 Å². The number of hydrogen-bond acceptors (Lipinski definition) is 4. The summed E-state index contributed by atoms with van der Waals surface area (Å²) in [6.07, 6.45) is 1.94. The summed E-state index contributed by atoms with van der Waals surface area (Å²) in [5.74, 6) is 0.967. The normalized spacial score (nSPS) is 14.9. The fourth-order valence-corrected chi connectivity index (χ4v) is 4.16. The first kappa shape index (κ1) is 22.2. The molecular weight excluding hydrogens is 493 g/mol. The van der Waals surface area contributed by atoms with Gasteiger partial charge in [-0.3, -0.25) is 4.99 Å². The van der Waals surface area contributed by atoms with Crippen molar-refractivity contribution < 1.29 is 0 Å². The van der Waals surface area contributed by atoms with Crippen molar-refractivity contribution in [1.29, 1.82) is 0 Å². The number of para-hydroxylation sites is 1. The van der Waals surface area contributed by atoms with Crippen molar-refractivity contribution in [3.8, 4) is 0 Å². The molecule has 0 unspecified atom stereocenters. The number of thiazole rings is 1. The van der Waals surface area contributed by atoms with E-state index < -0.39 is 0 Å². The molecule has 1 aliphatic rings. The summed E-state index contributed by atoms with van der Waals surface area (Å²) >= 11 is 8.07. The number of halogens is 2. The third-order valence-electron chi connectivity index (χ3n) is 4.55. The molecule has 1 aliphatic heterocycles. The van der Waals surface area contributed by atoms with E-state index in [2.05, 4.69) is 43.5 Å². The summed E-state index contributed by atoms with van der Waals surface area (Å²) in [7, 11) is 1.85. The molecule has 0 radical (unpaired) electrons. The number of rotatable bonds is 5. The van der Waals surface area contributed by atoms with Gasteiger partial charge in [-0.15, -0.1) is 35.3 Å². The SMILES string of the molecule is CCc1nc(CCNC(=NC)N2CCN(c3ccccc3Cl)CC2)cs1.I. The van der Waals surface area contributed by atoms with Crippen molar-refractivity contribution >= 4 is 58.6 Å². The molecule has 3 rings (SSSR count). The molecule has 0 spiro atoms. The maximum atomic E-state index is 6.33. The number of aromatic nitrogens is 1. The highest BCUT2D eigenvalue weighted by atomic mass is 127. The molecule has 8 heteroatoms. The number of anilines is 1. The summed E-state index contributed by atoms with van der Waals surface area (Å²) < 4.78 is 0. The van der Waals surface area contributed by atoms with Gasteiger partial charge in [-0.2, -0.15) is 0 Å². The summed E-state index contributed by atoms with van der Waals surface area (Å²) in [5, 5.41) is 7.66. The Morgan fingerprint density at radius 1 is 1.26 bits per heavy atom. The Labute approximate surface area is 187 Å². The molecule has 1 aromatic carbocycles. The lowest BCUT2D eigenvalue weighted by Gasteiger charge is -2.38. The summed E-state index contributed by atoms with van der Waals surface area (Å²) in [5.41, 5.74) is 2.28. The van der Waals surface area contributed by atoms with E-state index in [9.17, 15) is 0 Å². The van der Waals surface area contributed by atoms with Gasteiger partial charge in [0, 0.05) is 51.6 Å². The van der Waals surface area contributed by atoms with E-state index in [1.165, 1.54) is 10.7 Å². The highest BCUT2D eigenvalue weighted by Gasteiger charge is 2.20. The minimum atomic E-state index is 0. The predicted octanol–water partition coefficient (Wildman–Crippen LogP) is 3.92. The van der Waals surface area contributed by atoms with Crippen LogP contribution in [0, 0.1) is 0 Å². The number of aryl methyl sites for hydroxylation is 1. The molecular formula is C19H27ClIN5S. The zero-order chi connectivity index (χ0) is 18.4. The minimum Gasteiger partial charge on any atom is -0.367 e. The molecule has 27 heavy (non-hydrogen) atoms. The zero-order valence-electron chi connectivity index (χ0n) is 15.8. The molecule has 5 nitrogen and oxygen atoms in total. The molecule has 0 bridgehead atoms. The van der Waals surface area contributed by atoms with E-state index in [-0.39, 0.29) is 24.0 Å². The second-order valence-corrected chi connectivity index (χ2v) is 7.59. The van der Waals surface area contributed by atoms with Gasteiger partial charge in [-0.1, -0.05) is 30.7 Å². The number of nitrogens with one attached hydrogen (secondary N) is 1. The highest BCUT2D eigenvalue weighted by Crippen LogP contribution is 2.26. The Bertz CT molecular complexity index is 743. The second-order valence-electron chi connectivity index (χ2n) is 6.24. The Hall–Kier alpha value is -1.06. The fraction of sp³-hybridized carbons (Fsp3) is 0.474. The van der Waals surface area contributed by atoms with Gasteiger partial charge in [0.2, 0.25) is 0 Å². The number of guanidine groups is 1. The van der Waals surface area contributed by atoms with Gasteiger partial charge in [-0.05, 0) is 18.6 Å². The standard InChI is InChI=1S/C19H26ClN5S.HI/c1-3-18-23-15(14-26-18)8-9-22-19(21-2)25-12-10-24(11-13-25)17-7-5-4-6-16(17)20;/h4-7,14H,3,8-13H2,1-2H3,(H,21,22);1H. The van der Waals surface area contributed by atoms with Crippen LogP contribution in [-0.4, -0.2) is 55.6 Å². The van der Waals surface area contributed by atoms with Crippen LogP contribution in [0.4, 0.5) is 5.69 Å². The Morgan fingerprint density at radius 2 is 2.00 bits per heavy atom. The lowest BCUT2D eigenvalue weighted by Crippen LogP contribution is -2.52. The summed E-state index contributed by atoms with van der Waals surface area (Å²) in [6, 6.07) is 8.05. The number of nitrogens with zero attached hydrogens (tertiary/aromatic N) is 4. The smallest absolute Gasteiger partial charge is 0.193 e. The first-order chi connectivity index (χ1) is 12.7. The maximum absolute atomic E-state index is 6.33. The van der Waals surface area contributed by atoms with Crippen molar-refractivity contribution in [1.82, 2.24) is 15.2 Å². The minimum absolute atomic E-state index is 0. The average molecular weight is 520 g/mol. The molecule has 0 amide bonds. The van der Waals surface area contributed by atoms with E-state index in [4.69, 9.17) is 11.6 Å². The fourth-order valence-electron chi connectivity index (χ4n) is 3.13. The number of hydrogen-bond donors (Lipinski definition) is 1. The van der Waals surface area contributed by atoms with E-state index in [1.54, 1.807) is 11.3 Å². The third-order valence-corrected chi connectivity index (χ3v) is 5.91. The second kappa shape index (κ2) is 11.1. The zero-order valence-corrected chi connectivity index (χ0v) is 19.7.